The molecular weight excluding hydrogens is 369 g/mol. The summed E-state index contributed by atoms with van der Waals surface area (Å²) in [6.45, 7) is 0. The summed E-state index contributed by atoms with van der Waals surface area (Å²) >= 11 is 0. The number of halogens is 3. The van der Waals surface area contributed by atoms with E-state index in [1.165, 1.54) is 12.1 Å². The molecule has 12 heteroatoms. The van der Waals surface area contributed by atoms with Gasteiger partial charge in [0.15, 0.2) is 5.96 Å². The summed E-state index contributed by atoms with van der Waals surface area (Å²) in [6.07, 6.45) is -4.56. The zero-order valence-corrected chi connectivity index (χ0v) is 13.5. The lowest BCUT2D eigenvalue weighted by Gasteiger charge is -2.10. The number of nitrogens with two attached hydrogens (primary N) is 3. The molecule has 0 aliphatic carbocycles. The van der Waals surface area contributed by atoms with Crippen molar-refractivity contribution in [2.24, 2.45) is 27.2 Å². The van der Waals surface area contributed by atoms with E-state index in [0.717, 1.165) is 30.3 Å². The summed E-state index contributed by atoms with van der Waals surface area (Å²) in [4.78, 5) is 17.6. The quantitative estimate of drug-likeness (QED) is 0.319. The third kappa shape index (κ3) is 5.59. The van der Waals surface area contributed by atoms with Crippen LogP contribution in [0.15, 0.2) is 52.4 Å². The highest BCUT2D eigenvalue weighted by Gasteiger charge is 2.30. The van der Waals surface area contributed by atoms with Gasteiger partial charge in [-0.25, -0.2) is 4.99 Å². The molecule has 0 aliphatic heterocycles. The fourth-order valence-electron chi connectivity index (χ4n) is 1.96. The normalized spacial score (nSPS) is 11.7. The second-order valence-corrected chi connectivity index (χ2v) is 5.08. The lowest BCUT2D eigenvalue weighted by molar-refractivity contribution is -0.384. The van der Waals surface area contributed by atoms with E-state index < -0.39 is 22.4 Å². The molecule has 0 unspecified atom stereocenters. The van der Waals surface area contributed by atoms with E-state index in [9.17, 15) is 23.3 Å². The van der Waals surface area contributed by atoms with Gasteiger partial charge in [-0.05, 0) is 18.2 Å². The first-order valence-electron chi connectivity index (χ1n) is 7.13. The number of benzene rings is 2. The van der Waals surface area contributed by atoms with Crippen LogP contribution in [0.2, 0.25) is 0 Å². The van der Waals surface area contributed by atoms with Gasteiger partial charge >= 0.3 is 6.18 Å². The molecule has 0 radical (unpaired) electrons. The van der Waals surface area contributed by atoms with Crippen LogP contribution in [0.3, 0.4) is 0 Å². The van der Waals surface area contributed by atoms with Crippen LogP contribution < -0.4 is 21.9 Å². The van der Waals surface area contributed by atoms with Crippen LogP contribution in [0.4, 0.5) is 24.5 Å². The summed E-state index contributed by atoms with van der Waals surface area (Å²) in [5, 5.41) is 11.1. The number of rotatable bonds is 4. The van der Waals surface area contributed by atoms with Crippen molar-refractivity contribution in [2.45, 2.75) is 6.18 Å². The Morgan fingerprint density at radius 1 is 1.07 bits per heavy atom. The number of nitro benzene ring substituents is 1. The summed E-state index contributed by atoms with van der Waals surface area (Å²) in [5.41, 5.74) is 14.4. The zero-order chi connectivity index (χ0) is 20.2. The third-order valence-electron chi connectivity index (χ3n) is 2.97. The Kier molecular flexibility index (Phi) is 5.48. The minimum Gasteiger partial charge on any atom is -0.457 e. The number of nitro groups is 1. The molecule has 0 spiro atoms. The van der Waals surface area contributed by atoms with Crippen LogP contribution in [0, 0.1) is 10.1 Å². The Labute approximate surface area is 150 Å². The Hall–Kier alpha value is -3.83. The van der Waals surface area contributed by atoms with E-state index in [-0.39, 0.29) is 29.1 Å². The van der Waals surface area contributed by atoms with Gasteiger partial charge in [0.05, 0.1) is 22.2 Å². The molecule has 2 aromatic carbocycles. The van der Waals surface area contributed by atoms with Crippen LogP contribution >= 0.6 is 0 Å². The van der Waals surface area contributed by atoms with Gasteiger partial charge in [0.1, 0.15) is 11.5 Å². The first kappa shape index (κ1) is 19.5. The Morgan fingerprint density at radius 3 is 2.37 bits per heavy atom. The largest absolute Gasteiger partial charge is 0.457 e. The SMILES string of the molecule is NC(N)=NC(N)=Nc1cc(Oc2cccc(C(F)(F)F)c2)cc([N+](=O)[O-])c1. The molecule has 142 valence electrons. The number of non-ortho nitro benzene ring substituents is 1. The van der Waals surface area contributed by atoms with Crippen molar-refractivity contribution in [2.75, 3.05) is 0 Å². The summed E-state index contributed by atoms with van der Waals surface area (Å²) in [6, 6.07) is 7.35. The van der Waals surface area contributed by atoms with Crippen LogP contribution in [0.1, 0.15) is 5.56 Å². The van der Waals surface area contributed by atoms with Gasteiger partial charge in [0.25, 0.3) is 5.69 Å². The molecule has 0 saturated heterocycles. The van der Waals surface area contributed by atoms with Gasteiger partial charge in [0, 0.05) is 12.1 Å². The van der Waals surface area contributed by atoms with Crippen molar-refractivity contribution < 1.29 is 22.8 Å². The van der Waals surface area contributed by atoms with Crippen LogP contribution in [0.25, 0.3) is 0 Å². The maximum atomic E-state index is 12.8. The van der Waals surface area contributed by atoms with Gasteiger partial charge < -0.3 is 21.9 Å². The first-order chi connectivity index (χ1) is 12.5. The Morgan fingerprint density at radius 2 is 1.78 bits per heavy atom. The lowest BCUT2D eigenvalue weighted by Crippen LogP contribution is -2.26. The maximum Gasteiger partial charge on any atom is 0.416 e. The number of ether oxygens (including phenoxy) is 1. The van der Waals surface area contributed by atoms with Gasteiger partial charge in [-0.15, -0.1) is 0 Å². The molecule has 2 aromatic rings. The second kappa shape index (κ2) is 7.59. The average molecular weight is 382 g/mol. The molecule has 0 atom stereocenters. The molecule has 6 N–H and O–H groups in total. The van der Waals surface area contributed by atoms with Crippen LogP contribution in [-0.2, 0) is 6.18 Å². The minimum absolute atomic E-state index is 0.0336. The Bertz CT molecular complexity index is 923. The highest BCUT2D eigenvalue weighted by molar-refractivity contribution is 5.93. The second-order valence-electron chi connectivity index (χ2n) is 5.08. The summed E-state index contributed by atoms with van der Waals surface area (Å²) in [7, 11) is 0. The molecule has 0 fully saturated rings. The predicted molar refractivity (Wildman–Crippen MR) is 91.7 cm³/mol. The number of guanidine groups is 2. The molecule has 9 nitrogen and oxygen atoms in total. The predicted octanol–water partition coefficient (Wildman–Crippen LogP) is 2.63. The molecule has 0 heterocycles. The van der Waals surface area contributed by atoms with E-state index in [1.54, 1.807) is 0 Å². The van der Waals surface area contributed by atoms with E-state index in [4.69, 9.17) is 21.9 Å². The average Bonchev–Trinajstić information content (AvgIpc) is 2.53. The smallest absolute Gasteiger partial charge is 0.416 e. The molecular formula is C15H13F3N6O3. The highest BCUT2D eigenvalue weighted by atomic mass is 19.4. The zero-order valence-electron chi connectivity index (χ0n) is 13.5. The Balaban J connectivity index is 2.42. The van der Waals surface area contributed by atoms with Crippen molar-refractivity contribution in [3.8, 4) is 11.5 Å². The first-order valence-corrected chi connectivity index (χ1v) is 7.13. The topological polar surface area (TPSA) is 155 Å². The molecule has 0 bridgehead atoms. The summed E-state index contributed by atoms with van der Waals surface area (Å²) in [5.74, 6) is -1.04. The van der Waals surface area contributed by atoms with E-state index in [0.29, 0.717) is 0 Å². The van der Waals surface area contributed by atoms with Crippen LogP contribution in [-0.4, -0.2) is 16.8 Å². The molecule has 0 aliphatic rings. The highest BCUT2D eigenvalue weighted by Crippen LogP contribution is 2.34. The van der Waals surface area contributed by atoms with Gasteiger partial charge in [-0.1, -0.05) is 6.07 Å². The standard InChI is InChI=1S/C15H13F3N6O3/c16-15(17,18)8-2-1-3-11(4-8)27-12-6-9(5-10(7-12)24(25)26)22-14(21)23-13(19)20/h1-7H,(H6,19,20,21,22,23). The van der Waals surface area contributed by atoms with Gasteiger partial charge in [-0.3, -0.25) is 10.1 Å². The molecule has 0 amide bonds. The fraction of sp³-hybridized carbons (Fsp3) is 0.0667. The molecule has 0 aromatic heterocycles. The van der Waals surface area contributed by atoms with Crippen molar-refractivity contribution >= 4 is 23.3 Å². The van der Waals surface area contributed by atoms with E-state index in [2.05, 4.69) is 9.98 Å². The molecule has 0 saturated carbocycles. The minimum atomic E-state index is -4.56. The van der Waals surface area contributed by atoms with E-state index in [1.807, 2.05) is 0 Å². The van der Waals surface area contributed by atoms with Crippen molar-refractivity contribution in [3.63, 3.8) is 0 Å². The monoisotopic (exact) mass is 382 g/mol. The third-order valence-corrected chi connectivity index (χ3v) is 2.97. The molecule has 2 rings (SSSR count). The number of aliphatic imine (C=N–C) groups is 2. The van der Waals surface area contributed by atoms with E-state index >= 15 is 0 Å². The van der Waals surface area contributed by atoms with Gasteiger partial charge in [-0.2, -0.15) is 18.2 Å². The van der Waals surface area contributed by atoms with Crippen molar-refractivity contribution in [1.29, 1.82) is 0 Å². The number of hydrogen-bond acceptors (Lipinski definition) is 4. The number of nitrogens with zero attached hydrogens (tertiary/aromatic N) is 3. The van der Waals surface area contributed by atoms with Gasteiger partial charge in [0.2, 0.25) is 5.96 Å². The van der Waals surface area contributed by atoms with Crippen LogP contribution in [0.5, 0.6) is 11.5 Å². The summed E-state index contributed by atoms with van der Waals surface area (Å²) < 4.78 is 43.6. The molecule has 27 heavy (non-hydrogen) atoms. The fourth-order valence-corrected chi connectivity index (χ4v) is 1.96. The maximum absolute atomic E-state index is 12.8. The number of alkyl halides is 3. The number of hydrogen-bond donors (Lipinski definition) is 3. The van der Waals surface area contributed by atoms with Crippen molar-refractivity contribution in [1.82, 2.24) is 0 Å². The lowest BCUT2D eigenvalue weighted by atomic mass is 10.2. The van der Waals surface area contributed by atoms with Crippen molar-refractivity contribution in [3.05, 3.63) is 58.1 Å².